The van der Waals surface area contributed by atoms with Gasteiger partial charge in [0.15, 0.2) is 10.3 Å². The van der Waals surface area contributed by atoms with Gasteiger partial charge in [-0.1, -0.05) is 36.9 Å². The average molecular weight is 318 g/mol. The zero-order chi connectivity index (χ0) is 15.1. The highest BCUT2D eigenvalue weighted by atomic mass is 32.1. The molecule has 1 aromatic carbocycles. The highest BCUT2D eigenvalue weighted by Gasteiger charge is 2.00. The molecule has 0 spiro atoms. The fourth-order valence-corrected chi connectivity index (χ4v) is 2.37. The molecule has 21 heavy (non-hydrogen) atoms. The van der Waals surface area contributed by atoms with Gasteiger partial charge < -0.3 is 5.32 Å². The smallest absolute Gasteiger partial charge is 0.227 e. The number of anilines is 1. The number of nitrogens with zero attached hydrogens (tertiary/aromatic N) is 3. The van der Waals surface area contributed by atoms with E-state index in [0.29, 0.717) is 16.3 Å². The Labute approximate surface area is 136 Å². The lowest BCUT2D eigenvalue weighted by Gasteiger charge is -2.06. The molecule has 0 saturated carbocycles. The summed E-state index contributed by atoms with van der Waals surface area (Å²) in [6, 6.07) is 8.48. The zero-order valence-corrected chi connectivity index (χ0v) is 13.4. The summed E-state index contributed by atoms with van der Waals surface area (Å²) in [6.07, 6.45) is 5.06. The topological polar surface area (TPSA) is 50.7 Å². The van der Waals surface area contributed by atoms with Crippen molar-refractivity contribution >= 4 is 37.3 Å². The van der Waals surface area contributed by atoms with Crippen molar-refractivity contribution < 1.29 is 0 Å². The third kappa shape index (κ3) is 5.40. The van der Waals surface area contributed by atoms with Gasteiger partial charge in [0, 0.05) is 6.54 Å². The minimum Gasteiger partial charge on any atom is -0.354 e. The Morgan fingerprint density at radius 2 is 1.67 bits per heavy atom. The SMILES string of the molecule is C=Cc1ccc(CCCCNc2nc(S)nc(S)n2)cc1. The van der Waals surface area contributed by atoms with Crippen LogP contribution in [0, 0.1) is 0 Å². The maximum atomic E-state index is 4.09. The van der Waals surface area contributed by atoms with E-state index in [4.69, 9.17) is 0 Å². The van der Waals surface area contributed by atoms with Gasteiger partial charge in [-0.25, -0.2) is 0 Å². The minimum absolute atomic E-state index is 0.375. The Balaban J connectivity index is 1.70. The number of benzene rings is 1. The van der Waals surface area contributed by atoms with Crippen LogP contribution in [0.5, 0.6) is 0 Å². The summed E-state index contributed by atoms with van der Waals surface area (Å²) < 4.78 is 0. The zero-order valence-electron chi connectivity index (χ0n) is 11.7. The van der Waals surface area contributed by atoms with Crippen molar-refractivity contribution in [2.45, 2.75) is 29.6 Å². The highest BCUT2D eigenvalue weighted by Crippen LogP contribution is 2.10. The maximum Gasteiger partial charge on any atom is 0.227 e. The summed E-state index contributed by atoms with van der Waals surface area (Å²) in [5, 5.41) is 3.91. The molecule has 4 nitrogen and oxygen atoms in total. The number of thiol groups is 2. The molecule has 6 heteroatoms. The Morgan fingerprint density at radius 3 is 2.29 bits per heavy atom. The van der Waals surface area contributed by atoms with E-state index in [9.17, 15) is 0 Å². The number of aromatic nitrogens is 3. The second-order valence-electron chi connectivity index (χ2n) is 4.59. The van der Waals surface area contributed by atoms with E-state index in [2.05, 4.69) is 76.4 Å². The van der Waals surface area contributed by atoms with E-state index in [-0.39, 0.29) is 0 Å². The fraction of sp³-hybridized carbons (Fsp3) is 0.267. The summed E-state index contributed by atoms with van der Waals surface area (Å²) in [6.45, 7) is 4.57. The van der Waals surface area contributed by atoms with E-state index in [1.807, 2.05) is 6.08 Å². The largest absolute Gasteiger partial charge is 0.354 e. The van der Waals surface area contributed by atoms with Gasteiger partial charge in [-0.05, 0) is 30.4 Å². The molecule has 0 aliphatic rings. The molecule has 1 N–H and O–H groups in total. The first-order valence-electron chi connectivity index (χ1n) is 6.76. The molecule has 0 aliphatic heterocycles. The molecule has 0 amide bonds. The monoisotopic (exact) mass is 318 g/mol. The molecule has 0 saturated heterocycles. The van der Waals surface area contributed by atoms with Crippen molar-refractivity contribution in [3.8, 4) is 0 Å². The third-order valence-corrected chi connectivity index (χ3v) is 3.40. The molecule has 2 aromatic rings. The predicted octanol–water partition coefficient (Wildman–Crippen LogP) is 3.53. The number of hydrogen-bond donors (Lipinski definition) is 3. The van der Waals surface area contributed by atoms with Crippen molar-refractivity contribution in [3.05, 3.63) is 42.0 Å². The fourth-order valence-electron chi connectivity index (χ4n) is 1.91. The molecule has 0 fully saturated rings. The van der Waals surface area contributed by atoms with Crippen molar-refractivity contribution in [3.63, 3.8) is 0 Å². The van der Waals surface area contributed by atoms with Crippen LogP contribution in [0.2, 0.25) is 0 Å². The molecule has 0 bridgehead atoms. The van der Waals surface area contributed by atoms with Gasteiger partial charge in [0.1, 0.15) is 0 Å². The quantitative estimate of drug-likeness (QED) is 0.540. The Kier molecular flexibility index (Phi) is 6.07. The van der Waals surface area contributed by atoms with Crippen LogP contribution < -0.4 is 5.32 Å². The predicted molar refractivity (Wildman–Crippen MR) is 92.3 cm³/mol. The second-order valence-corrected chi connectivity index (χ2v) is 5.39. The second kappa shape index (κ2) is 8.05. The first-order valence-corrected chi connectivity index (χ1v) is 7.66. The van der Waals surface area contributed by atoms with Crippen molar-refractivity contribution in [2.75, 3.05) is 11.9 Å². The number of aryl methyl sites for hydroxylation is 1. The number of nitrogens with one attached hydrogen (secondary N) is 1. The molecule has 1 aromatic heterocycles. The van der Waals surface area contributed by atoms with Crippen LogP contribution in [0.1, 0.15) is 24.0 Å². The summed E-state index contributed by atoms with van der Waals surface area (Å²) in [5.74, 6) is 0.523. The van der Waals surface area contributed by atoms with Crippen molar-refractivity contribution in [1.29, 1.82) is 0 Å². The van der Waals surface area contributed by atoms with Crippen LogP contribution in [-0.2, 0) is 6.42 Å². The Morgan fingerprint density at radius 1 is 1.00 bits per heavy atom. The minimum atomic E-state index is 0.375. The van der Waals surface area contributed by atoms with Gasteiger partial charge in [0.25, 0.3) is 0 Å². The van der Waals surface area contributed by atoms with E-state index in [0.717, 1.165) is 31.4 Å². The maximum absolute atomic E-state index is 4.09. The van der Waals surface area contributed by atoms with Gasteiger partial charge in [-0.3, -0.25) is 0 Å². The number of hydrogen-bond acceptors (Lipinski definition) is 6. The molecule has 2 rings (SSSR count). The van der Waals surface area contributed by atoms with Crippen molar-refractivity contribution in [2.24, 2.45) is 0 Å². The normalized spacial score (nSPS) is 10.4. The van der Waals surface area contributed by atoms with E-state index < -0.39 is 0 Å². The van der Waals surface area contributed by atoms with Crippen LogP contribution in [0.3, 0.4) is 0 Å². The van der Waals surface area contributed by atoms with Gasteiger partial charge in [-0.2, -0.15) is 15.0 Å². The Bertz CT molecular complexity index is 579. The van der Waals surface area contributed by atoms with E-state index in [1.165, 1.54) is 5.56 Å². The van der Waals surface area contributed by atoms with Crippen LogP contribution in [-0.4, -0.2) is 21.5 Å². The van der Waals surface area contributed by atoms with Crippen LogP contribution in [0.15, 0.2) is 41.2 Å². The lowest BCUT2D eigenvalue weighted by atomic mass is 10.1. The molecule has 1 heterocycles. The molecular weight excluding hydrogens is 300 g/mol. The standard InChI is InChI=1S/C15H18N4S2/c1-2-11-6-8-12(9-7-11)5-3-4-10-16-13-17-14(20)19-15(21)18-13/h2,6-9H,1,3-5,10H2,(H3,16,17,18,19,20,21). The summed E-state index contributed by atoms with van der Waals surface area (Å²) in [5.41, 5.74) is 2.50. The summed E-state index contributed by atoms with van der Waals surface area (Å²) in [7, 11) is 0. The lowest BCUT2D eigenvalue weighted by Crippen LogP contribution is -2.07. The van der Waals surface area contributed by atoms with Gasteiger partial charge in [0.05, 0.1) is 0 Å². The number of rotatable bonds is 7. The molecule has 0 radical (unpaired) electrons. The number of unbranched alkanes of at least 4 members (excludes halogenated alkanes) is 1. The van der Waals surface area contributed by atoms with Gasteiger partial charge in [0.2, 0.25) is 5.95 Å². The molecule has 0 unspecified atom stereocenters. The summed E-state index contributed by atoms with van der Waals surface area (Å²) >= 11 is 8.19. The van der Waals surface area contributed by atoms with Gasteiger partial charge >= 0.3 is 0 Å². The van der Waals surface area contributed by atoms with Crippen LogP contribution in [0.4, 0.5) is 5.95 Å². The van der Waals surface area contributed by atoms with Crippen LogP contribution >= 0.6 is 25.3 Å². The molecule has 0 aliphatic carbocycles. The van der Waals surface area contributed by atoms with E-state index in [1.54, 1.807) is 0 Å². The summed E-state index contributed by atoms with van der Waals surface area (Å²) in [4.78, 5) is 12.1. The molecular formula is C15H18N4S2. The van der Waals surface area contributed by atoms with Crippen LogP contribution in [0.25, 0.3) is 6.08 Å². The molecule has 0 atom stereocenters. The molecule has 110 valence electrons. The average Bonchev–Trinajstić information content (AvgIpc) is 2.46. The first kappa shape index (κ1) is 15.9. The first-order chi connectivity index (χ1) is 10.2. The lowest BCUT2D eigenvalue weighted by molar-refractivity contribution is 0.746. The third-order valence-electron chi connectivity index (χ3n) is 3.00. The van der Waals surface area contributed by atoms with Gasteiger partial charge in [-0.15, -0.1) is 25.3 Å². The Hall–Kier alpha value is -1.53. The van der Waals surface area contributed by atoms with E-state index >= 15 is 0 Å². The van der Waals surface area contributed by atoms with Crippen molar-refractivity contribution in [1.82, 2.24) is 15.0 Å². The highest BCUT2D eigenvalue weighted by molar-refractivity contribution is 7.80.